The summed E-state index contributed by atoms with van der Waals surface area (Å²) in [7, 11) is 1.44. The number of hydrogen-bond donors (Lipinski definition) is 2. The van der Waals surface area contributed by atoms with Crippen LogP contribution in [0.15, 0.2) is 47.1 Å². The zero-order chi connectivity index (χ0) is 18.2. The van der Waals surface area contributed by atoms with Gasteiger partial charge in [-0.1, -0.05) is 0 Å². The molecule has 3 aromatic rings. The van der Waals surface area contributed by atoms with E-state index in [-0.39, 0.29) is 17.2 Å². The number of alkyl halides is 3. The molecule has 0 bridgehead atoms. The van der Waals surface area contributed by atoms with Crippen LogP contribution in [0.25, 0.3) is 22.5 Å². The Bertz CT molecular complexity index is 905. The van der Waals surface area contributed by atoms with E-state index < -0.39 is 28.9 Å². The fourth-order valence-corrected chi connectivity index (χ4v) is 2.43. The number of hydrogen-bond acceptors (Lipinski definition) is 4. The number of rotatable bonds is 3. The maximum atomic E-state index is 14.2. The Morgan fingerprint density at radius 3 is 2.56 bits per heavy atom. The second-order valence-corrected chi connectivity index (χ2v) is 5.17. The van der Waals surface area contributed by atoms with E-state index in [0.29, 0.717) is 23.8 Å². The van der Waals surface area contributed by atoms with Crippen LogP contribution >= 0.6 is 0 Å². The van der Waals surface area contributed by atoms with Crippen molar-refractivity contribution in [2.24, 2.45) is 0 Å². The number of nitrogens with one attached hydrogen (secondary N) is 1. The average molecular weight is 352 g/mol. The summed E-state index contributed by atoms with van der Waals surface area (Å²) in [5.74, 6) is -1.48. The van der Waals surface area contributed by atoms with E-state index in [1.54, 1.807) is 12.1 Å². The first-order valence-corrected chi connectivity index (χ1v) is 7.14. The molecule has 2 N–H and O–H groups in total. The molecule has 0 amide bonds. The van der Waals surface area contributed by atoms with Crippen molar-refractivity contribution in [1.29, 1.82) is 0 Å². The van der Waals surface area contributed by atoms with Gasteiger partial charge in [-0.2, -0.15) is 13.2 Å². The molecule has 0 aliphatic carbocycles. The van der Waals surface area contributed by atoms with Crippen molar-refractivity contribution in [3.8, 4) is 28.2 Å². The normalized spacial score (nSPS) is 11.6. The minimum atomic E-state index is -4.65. The highest BCUT2D eigenvalue weighted by Crippen LogP contribution is 2.47. The Kier molecular flexibility index (Phi) is 4.12. The second-order valence-electron chi connectivity index (χ2n) is 5.17. The number of anilines is 1. The molecule has 0 radical (unpaired) electrons. The number of aromatic hydroxyl groups is 1. The van der Waals surface area contributed by atoms with Crippen LogP contribution in [0.1, 0.15) is 5.56 Å². The number of pyridine rings is 1. The van der Waals surface area contributed by atoms with Gasteiger partial charge in [-0.05, 0) is 30.3 Å². The Morgan fingerprint density at radius 1 is 1.20 bits per heavy atom. The molecule has 130 valence electrons. The fraction of sp³-hybridized carbons (Fsp3) is 0.118. The number of benzene rings is 1. The molecular formula is C17H12F4N2O2. The first kappa shape index (κ1) is 16.8. The molecular weight excluding hydrogens is 340 g/mol. The fourth-order valence-electron chi connectivity index (χ4n) is 2.43. The van der Waals surface area contributed by atoms with Crippen molar-refractivity contribution >= 4 is 5.88 Å². The molecule has 0 saturated carbocycles. The van der Waals surface area contributed by atoms with E-state index in [2.05, 4.69) is 10.3 Å². The van der Waals surface area contributed by atoms with Crippen LogP contribution in [-0.2, 0) is 6.18 Å². The number of halogens is 4. The van der Waals surface area contributed by atoms with Crippen molar-refractivity contribution in [2.75, 3.05) is 12.4 Å². The van der Waals surface area contributed by atoms with E-state index in [0.717, 1.165) is 0 Å². The van der Waals surface area contributed by atoms with Crippen LogP contribution in [0.5, 0.6) is 5.75 Å². The molecule has 0 saturated heterocycles. The van der Waals surface area contributed by atoms with E-state index in [9.17, 15) is 22.7 Å². The Hall–Kier alpha value is -3.03. The van der Waals surface area contributed by atoms with Crippen LogP contribution in [0, 0.1) is 5.82 Å². The molecule has 2 heterocycles. The van der Waals surface area contributed by atoms with Crippen molar-refractivity contribution in [2.45, 2.75) is 6.18 Å². The van der Waals surface area contributed by atoms with Crippen LogP contribution < -0.4 is 5.32 Å². The molecule has 1 aromatic carbocycles. The van der Waals surface area contributed by atoms with Crippen molar-refractivity contribution in [3.63, 3.8) is 0 Å². The molecule has 8 heteroatoms. The lowest BCUT2D eigenvalue weighted by Crippen LogP contribution is -2.05. The third-order valence-electron chi connectivity index (χ3n) is 3.60. The minimum absolute atomic E-state index is 0.0238. The first-order chi connectivity index (χ1) is 11.8. The third-order valence-corrected chi connectivity index (χ3v) is 3.60. The largest absolute Gasteiger partial charge is 0.504 e. The summed E-state index contributed by atoms with van der Waals surface area (Å²) >= 11 is 0. The monoisotopic (exact) mass is 352 g/mol. The number of nitrogens with zero attached hydrogens (tertiary/aromatic N) is 1. The standard InChI is InChI=1S/C17H12F4N2O2/c1-22-16-13(11-7-10(17(19,20)21)4-5-12(11)18)14(24)15(25-16)9-3-2-6-23-8-9/h2-8,22,24H,1H3. The zero-order valence-corrected chi connectivity index (χ0v) is 12.9. The summed E-state index contributed by atoms with van der Waals surface area (Å²) in [5.41, 5.74) is -1.25. The Balaban J connectivity index is 2.23. The van der Waals surface area contributed by atoms with Gasteiger partial charge in [-0.25, -0.2) is 4.39 Å². The van der Waals surface area contributed by atoms with Gasteiger partial charge < -0.3 is 14.8 Å². The van der Waals surface area contributed by atoms with Gasteiger partial charge in [0.15, 0.2) is 11.5 Å². The molecule has 25 heavy (non-hydrogen) atoms. The smallest absolute Gasteiger partial charge is 0.416 e. The zero-order valence-electron chi connectivity index (χ0n) is 12.9. The summed E-state index contributed by atoms with van der Waals surface area (Å²) in [6.45, 7) is 0. The lowest BCUT2D eigenvalue weighted by atomic mass is 10.0. The minimum Gasteiger partial charge on any atom is -0.504 e. The summed E-state index contributed by atoms with van der Waals surface area (Å²) in [6, 6.07) is 5.16. The molecule has 0 fully saturated rings. The van der Waals surface area contributed by atoms with E-state index in [4.69, 9.17) is 4.42 Å². The first-order valence-electron chi connectivity index (χ1n) is 7.14. The average Bonchev–Trinajstić information content (AvgIpc) is 2.91. The van der Waals surface area contributed by atoms with Gasteiger partial charge in [0.1, 0.15) is 5.82 Å². The highest BCUT2D eigenvalue weighted by Gasteiger charge is 2.33. The lowest BCUT2D eigenvalue weighted by molar-refractivity contribution is -0.137. The topological polar surface area (TPSA) is 58.3 Å². The van der Waals surface area contributed by atoms with Gasteiger partial charge in [-0.15, -0.1) is 0 Å². The molecule has 0 atom stereocenters. The van der Waals surface area contributed by atoms with Crippen molar-refractivity contribution in [1.82, 2.24) is 4.98 Å². The van der Waals surface area contributed by atoms with Crippen LogP contribution in [0.2, 0.25) is 0 Å². The van der Waals surface area contributed by atoms with Gasteiger partial charge in [0, 0.05) is 30.6 Å². The Labute approximate surface area is 139 Å². The Morgan fingerprint density at radius 2 is 1.96 bits per heavy atom. The van der Waals surface area contributed by atoms with Crippen molar-refractivity contribution in [3.05, 3.63) is 54.1 Å². The molecule has 0 aliphatic rings. The quantitative estimate of drug-likeness (QED) is 0.658. The van der Waals surface area contributed by atoms with Gasteiger partial charge in [0.05, 0.1) is 11.1 Å². The second kappa shape index (κ2) is 6.12. The van der Waals surface area contributed by atoms with Gasteiger partial charge in [-0.3, -0.25) is 4.98 Å². The molecule has 0 unspecified atom stereocenters. The summed E-state index contributed by atoms with van der Waals surface area (Å²) in [5, 5.41) is 13.1. The highest BCUT2D eigenvalue weighted by molar-refractivity contribution is 5.87. The van der Waals surface area contributed by atoms with Gasteiger partial charge >= 0.3 is 6.18 Å². The summed E-state index contributed by atoms with van der Waals surface area (Å²) < 4.78 is 58.5. The van der Waals surface area contributed by atoms with E-state index in [1.165, 1.54) is 19.4 Å². The van der Waals surface area contributed by atoms with Gasteiger partial charge in [0.25, 0.3) is 0 Å². The van der Waals surface area contributed by atoms with Gasteiger partial charge in [0.2, 0.25) is 5.88 Å². The molecule has 0 spiro atoms. The SMILES string of the molecule is CNc1oc(-c2cccnc2)c(O)c1-c1cc(C(F)(F)F)ccc1F. The van der Waals surface area contributed by atoms with Crippen LogP contribution in [-0.4, -0.2) is 17.1 Å². The molecule has 0 aliphatic heterocycles. The number of aromatic nitrogens is 1. The predicted octanol–water partition coefficient (Wildman–Crippen LogP) is 4.91. The summed E-state index contributed by atoms with van der Waals surface area (Å²) in [6.07, 6.45) is -1.73. The van der Waals surface area contributed by atoms with E-state index in [1.807, 2.05) is 0 Å². The third kappa shape index (κ3) is 3.02. The van der Waals surface area contributed by atoms with E-state index >= 15 is 0 Å². The van der Waals surface area contributed by atoms with Crippen LogP contribution in [0.4, 0.5) is 23.4 Å². The maximum absolute atomic E-state index is 14.2. The number of furan rings is 1. The van der Waals surface area contributed by atoms with Crippen molar-refractivity contribution < 1.29 is 27.1 Å². The molecule has 3 rings (SSSR count). The summed E-state index contributed by atoms with van der Waals surface area (Å²) in [4.78, 5) is 3.89. The highest BCUT2D eigenvalue weighted by atomic mass is 19.4. The maximum Gasteiger partial charge on any atom is 0.416 e. The van der Waals surface area contributed by atoms with Crippen LogP contribution in [0.3, 0.4) is 0 Å². The molecule has 4 nitrogen and oxygen atoms in total. The molecule has 2 aromatic heterocycles. The lowest BCUT2D eigenvalue weighted by Gasteiger charge is -2.10. The predicted molar refractivity (Wildman–Crippen MR) is 83.5 cm³/mol.